The number of aromatic carboxylic acids is 3. The molecule has 0 spiro atoms. The summed E-state index contributed by atoms with van der Waals surface area (Å²) in [6.45, 7) is 0. The second-order valence-electron chi connectivity index (χ2n) is 11.8. The van der Waals surface area contributed by atoms with E-state index in [1.165, 1.54) is 4.57 Å². The van der Waals surface area contributed by atoms with Crippen LogP contribution in [0.15, 0.2) is 78.9 Å². The van der Waals surface area contributed by atoms with Crippen molar-refractivity contribution < 1.29 is 34.5 Å². The van der Waals surface area contributed by atoms with Crippen molar-refractivity contribution in [2.75, 3.05) is 0 Å². The lowest BCUT2D eigenvalue weighted by molar-refractivity contribution is 0.0634. The maximum absolute atomic E-state index is 13.2. The SMILES string of the molecule is NC(=O)n1c2nc3nc(nc4[nH]c(nc5nc(nc1c1ccccc12)-c1ccccc1-5)c1c(C(=O)O)c(C(=O)O)c(C(=O)O)cc41)-c1ccccc1-3. The van der Waals surface area contributed by atoms with Crippen LogP contribution in [0.1, 0.15) is 31.1 Å². The predicted octanol–water partition coefficient (Wildman–Crippen LogP) is 5.36. The van der Waals surface area contributed by atoms with Crippen molar-refractivity contribution in [2.45, 2.75) is 0 Å². The van der Waals surface area contributed by atoms with Gasteiger partial charge in [0, 0.05) is 43.8 Å². The fourth-order valence-electron chi connectivity index (χ4n) is 6.72. The molecule has 0 atom stereocenters. The van der Waals surface area contributed by atoms with Gasteiger partial charge in [0.1, 0.15) is 11.3 Å². The molecule has 1 amide bonds. The molecular formula is C36H19N9O7. The molecule has 0 saturated carbocycles. The van der Waals surface area contributed by atoms with Crippen molar-refractivity contribution in [3.05, 3.63) is 95.6 Å². The van der Waals surface area contributed by atoms with Crippen LogP contribution in [-0.2, 0) is 0 Å². The van der Waals surface area contributed by atoms with Gasteiger partial charge in [-0.3, -0.25) is 0 Å². The molecule has 2 aliphatic rings. The number of nitrogens with one attached hydrogen (secondary N) is 1. The van der Waals surface area contributed by atoms with Crippen molar-refractivity contribution >= 4 is 68.1 Å². The second-order valence-corrected chi connectivity index (χ2v) is 11.8. The smallest absolute Gasteiger partial charge is 0.337 e. The fourth-order valence-corrected chi connectivity index (χ4v) is 6.72. The molecule has 0 saturated heterocycles. The number of hydrogen-bond acceptors (Lipinski definition) is 10. The molecule has 8 bridgehead atoms. The zero-order valence-corrected chi connectivity index (χ0v) is 26.2. The number of primary amides is 1. The predicted molar refractivity (Wildman–Crippen MR) is 186 cm³/mol. The van der Waals surface area contributed by atoms with Gasteiger partial charge in [0.25, 0.3) is 0 Å². The first kappa shape index (κ1) is 30.2. The number of aromatic nitrogens is 8. The Bertz CT molecular complexity index is 3000. The van der Waals surface area contributed by atoms with Crippen LogP contribution in [0.2, 0.25) is 0 Å². The van der Waals surface area contributed by atoms with Gasteiger partial charge in [-0.1, -0.05) is 72.8 Å². The van der Waals surface area contributed by atoms with E-state index < -0.39 is 40.6 Å². The summed E-state index contributed by atoms with van der Waals surface area (Å²) in [5, 5.41) is 31.3. The first-order valence-corrected chi connectivity index (χ1v) is 15.4. The van der Waals surface area contributed by atoms with Crippen LogP contribution in [0.5, 0.6) is 0 Å². The zero-order valence-electron chi connectivity index (χ0n) is 26.2. The Balaban J connectivity index is 1.58. The third kappa shape index (κ3) is 4.27. The summed E-state index contributed by atoms with van der Waals surface area (Å²) in [7, 11) is 0. The molecule has 4 aromatic carbocycles. The lowest BCUT2D eigenvalue weighted by Crippen LogP contribution is -2.20. The van der Waals surface area contributed by atoms with Gasteiger partial charge in [0.05, 0.1) is 16.7 Å². The maximum atomic E-state index is 13.2. The normalized spacial score (nSPS) is 11.7. The quantitative estimate of drug-likeness (QED) is 0.157. The molecular weight excluding hydrogens is 670 g/mol. The van der Waals surface area contributed by atoms with E-state index in [-0.39, 0.29) is 56.7 Å². The summed E-state index contributed by atoms with van der Waals surface area (Å²) in [6, 6.07) is 21.2. The summed E-state index contributed by atoms with van der Waals surface area (Å²) < 4.78 is 1.17. The zero-order chi connectivity index (χ0) is 36.0. The Morgan fingerprint density at radius 1 is 0.538 bits per heavy atom. The minimum atomic E-state index is -1.77. The van der Waals surface area contributed by atoms with E-state index in [9.17, 15) is 34.5 Å². The number of nitrogens with zero attached hydrogens (tertiary/aromatic N) is 7. The number of benzene rings is 4. The van der Waals surface area contributed by atoms with Gasteiger partial charge in [-0.05, 0) is 6.07 Å². The van der Waals surface area contributed by atoms with E-state index in [0.717, 1.165) is 6.07 Å². The Morgan fingerprint density at radius 2 is 0.981 bits per heavy atom. The standard InChI is InChI=1S/C36H19N9O7/c37-36(52)45-31-18-11-5-6-12-19(18)32(45)44-28-17-10-4-2-8-15(17)26(39-28)41-30-22-20(13-21(33(46)47)23(34(48)49)24(22)35(50)51)29(42-30)40-25-14-7-1-3-9-16(14)27(38-25)43-31/h1-13H,(H2,37,52)(H,46,47)(H,48,49)(H,50,51)(H,38,39,40,41,42,43,44). The van der Waals surface area contributed by atoms with Crippen molar-refractivity contribution in [3.8, 4) is 45.6 Å². The molecule has 6 N–H and O–H groups in total. The number of rotatable bonds is 3. The number of H-pyrrole nitrogens is 1. The topological polar surface area (TPSA) is 253 Å². The summed E-state index contributed by atoms with van der Waals surface area (Å²) in [4.78, 5) is 82.3. The highest BCUT2D eigenvalue weighted by molar-refractivity contribution is 6.22. The number of fused-ring (bicyclic) bond motifs is 20. The van der Waals surface area contributed by atoms with Gasteiger partial charge in [-0.15, -0.1) is 0 Å². The lowest BCUT2D eigenvalue weighted by Gasteiger charge is -2.08. The number of carbonyl (C=O) groups excluding carboxylic acids is 1. The molecule has 2 aliphatic heterocycles. The molecule has 16 nitrogen and oxygen atoms in total. The maximum Gasteiger partial charge on any atom is 0.337 e. The molecule has 250 valence electrons. The summed E-state index contributed by atoms with van der Waals surface area (Å²) in [5.41, 5.74) is 5.54. The Kier molecular flexibility index (Phi) is 6.28. The molecule has 0 aliphatic carbocycles. The lowest BCUT2D eigenvalue weighted by atomic mass is 9.95. The van der Waals surface area contributed by atoms with E-state index in [2.05, 4.69) is 9.97 Å². The number of carbonyl (C=O) groups is 4. The van der Waals surface area contributed by atoms with Crippen LogP contribution >= 0.6 is 0 Å². The van der Waals surface area contributed by atoms with Crippen LogP contribution in [0.25, 0.3) is 89.7 Å². The molecule has 3 aromatic heterocycles. The van der Waals surface area contributed by atoms with Gasteiger partial charge in [-0.2, -0.15) is 0 Å². The third-order valence-corrected chi connectivity index (χ3v) is 8.87. The monoisotopic (exact) mass is 689 g/mol. The molecule has 16 heteroatoms. The highest BCUT2D eigenvalue weighted by atomic mass is 16.4. The van der Waals surface area contributed by atoms with Crippen molar-refractivity contribution in [2.24, 2.45) is 5.73 Å². The molecule has 9 rings (SSSR count). The van der Waals surface area contributed by atoms with E-state index in [4.69, 9.17) is 30.7 Å². The minimum absolute atomic E-state index is 0.0490. The van der Waals surface area contributed by atoms with Gasteiger partial charge in [0.15, 0.2) is 34.6 Å². The molecule has 0 unspecified atom stereocenters. The fraction of sp³-hybridized carbons (Fsp3) is 0. The van der Waals surface area contributed by atoms with Gasteiger partial charge >= 0.3 is 23.9 Å². The Hall–Kier alpha value is -7.88. The average Bonchev–Trinajstić information content (AvgIpc) is 3.85. The first-order valence-electron chi connectivity index (χ1n) is 15.4. The van der Waals surface area contributed by atoms with Gasteiger partial charge < -0.3 is 26.0 Å². The van der Waals surface area contributed by atoms with Crippen LogP contribution in [0.4, 0.5) is 4.79 Å². The molecule has 0 radical (unpaired) electrons. The van der Waals surface area contributed by atoms with E-state index in [1.807, 2.05) is 0 Å². The number of hydrogen-bond donors (Lipinski definition) is 5. The highest BCUT2D eigenvalue weighted by Crippen LogP contribution is 2.38. The van der Waals surface area contributed by atoms with Gasteiger partial charge in [-0.25, -0.2) is 53.6 Å². The largest absolute Gasteiger partial charge is 0.478 e. The number of amides is 1. The highest BCUT2D eigenvalue weighted by Gasteiger charge is 2.31. The number of carboxylic acid groups (broad SMARTS) is 3. The first-order chi connectivity index (χ1) is 25.1. The van der Waals surface area contributed by atoms with E-state index >= 15 is 0 Å². The molecule has 5 heterocycles. The Labute approximate surface area is 288 Å². The average molecular weight is 690 g/mol. The van der Waals surface area contributed by atoms with Crippen molar-refractivity contribution in [1.82, 2.24) is 39.5 Å². The summed E-state index contributed by atoms with van der Waals surface area (Å²) in [5.74, 6) is -4.70. The van der Waals surface area contributed by atoms with Crippen LogP contribution in [0.3, 0.4) is 0 Å². The number of carboxylic acids is 3. The molecule has 7 aromatic rings. The minimum Gasteiger partial charge on any atom is -0.478 e. The Morgan fingerprint density at radius 3 is 1.42 bits per heavy atom. The van der Waals surface area contributed by atoms with E-state index in [1.54, 1.807) is 72.8 Å². The van der Waals surface area contributed by atoms with Crippen molar-refractivity contribution in [3.63, 3.8) is 0 Å². The second kappa shape index (κ2) is 10.8. The third-order valence-electron chi connectivity index (χ3n) is 8.87. The van der Waals surface area contributed by atoms with Crippen LogP contribution in [-0.4, -0.2) is 78.7 Å². The molecule has 0 fully saturated rings. The van der Waals surface area contributed by atoms with Crippen LogP contribution in [0, 0.1) is 0 Å². The summed E-state index contributed by atoms with van der Waals surface area (Å²) >= 11 is 0. The van der Waals surface area contributed by atoms with Crippen LogP contribution < -0.4 is 5.73 Å². The summed E-state index contributed by atoms with van der Waals surface area (Å²) in [6.07, 6.45) is 0. The molecule has 52 heavy (non-hydrogen) atoms. The number of aromatic amines is 1. The number of nitrogens with two attached hydrogens (primary N) is 1. The van der Waals surface area contributed by atoms with Crippen molar-refractivity contribution in [1.29, 1.82) is 0 Å². The van der Waals surface area contributed by atoms with E-state index in [0.29, 0.717) is 33.0 Å². The van der Waals surface area contributed by atoms with Gasteiger partial charge in [0.2, 0.25) is 0 Å².